The zero-order valence-corrected chi connectivity index (χ0v) is 14.8. The number of para-hydroxylation sites is 1. The van der Waals surface area contributed by atoms with E-state index in [1.807, 2.05) is 37.3 Å². The Hall–Kier alpha value is -2.95. The molecule has 5 heteroatoms. The Bertz CT molecular complexity index is 831. The van der Waals surface area contributed by atoms with Crippen LogP contribution in [0.3, 0.4) is 0 Å². The lowest BCUT2D eigenvalue weighted by molar-refractivity contribution is -0.151. The fourth-order valence-electron chi connectivity index (χ4n) is 3.13. The normalized spacial score (nSPS) is 17.8. The second-order valence-electron chi connectivity index (χ2n) is 6.50. The van der Waals surface area contributed by atoms with Crippen LogP contribution in [0.5, 0.6) is 0 Å². The molecule has 1 aliphatic heterocycles. The van der Waals surface area contributed by atoms with Crippen LogP contribution >= 0.6 is 0 Å². The van der Waals surface area contributed by atoms with Gasteiger partial charge < -0.3 is 9.64 Å². The van der Waals surface area contributed by atoms with Crippen molar-refractivity contribution in [2.24, 2.45) is 5.92 Å². The lowest BCUT2D eigenvalue weighted by atomic mass is 10.1. The van der Waals surface area contributed by atoms with Crippen LogP contribution in [0.15, 0.2) is 54.6 Å². The van der Waals surface area contributed by atoms with E-state index in [1.165, 1.54) is 0 Å². The van der Waals surface area contributed by atoms with Gasteiger partial charge in [-0.15, -0.1) is 0 Å². The number of carbonyl (C=O) groups excluding carboxylic acids is 3. The molecule has 0 spiro atoms. The first-order chi connectivity index (χ1) is 12.5. The molecule has 0 aliphatic carbocycles. The molecular weight excluding hydrogens is 330 g/mol. The molecule has 0 aromatic heterocycles. The standard InChI is InChI=1S/C21H21NO4/c1-14-8-6-7-11-18(14)22-13-17(12-19(22)23)21(25)26-15(2)20(24)16-9-4-3-5-10-16/h3-11,15,17H,12-13H2,1-2H3/t15-,17+/m0/s1. The zero-order chi connectivity index (χ0) is 18.7. The number of carbonyl (C=O) groups is 3. The highest BCUT2D eigenvalue weighted by Gasteiger charge is 2.37. The summed E-state index contributed by atoms with van der Waals surface area (Å²) in [6, 6.07) is 16.3. The third-order valence-electron chi connectivity index (χ3n) is 4.59. The van der Waals surface area contributed by atoms with Gasteiger partial charge in [-0.2, -0.15) is 0 Å². The van der Waals surface area contributed by atoms with E-state index in [0.717, 1.165) is 11.3 Å². The Morgan fingerprint density at radius 1 is 1.08 bits per heavy atom. The van der Waals surface area contributed by atoms with E-state index in [4.69, 9.17) is 4.74 Å². The van der Waals surface area contributed by atoms with Gasteiger partial charge in [-0.05, 0) is 25.5 Å². The van der Waals surface area contributed by atoms with E-state index >= 15 is 0 Å². The average molecular weight is 351 g/mol. The van der Waals surface area contributed by atoms with Crippen molar-refractivity contribution in [2.75, 3.05) is 11.4 Å². The Morgan fingerprint density at radius 3 is 2.42 bits per heavy atom. The minimum atomic E-state index is -0.882. The summed E-state index contributed by atoms with van der Waals surface area (Å²) in [6.45, 7) is 3.76. The fraction of sp³-hybridized carbons (Fsp3) is 0.286. The summed E-state index contributed by atoms with van der Waals surface area (Å²) in [4.78, 5) is 38.7. The Labute approximate surface area is 152 Å². The van der Waals surface area contributed by atoms with E-state index in [9.17, 15) is 14.4 Å². The van der Waals surface area contributed by atoms with Gasteiger partial charge in [-0.1, -0.05) is 48.5 Å². The summed E-state index contributed by atoms with van der Waals surface area (Å²) in [5.41, 5.74) is 2.28. The number of Topliss-reactive ketones (excluding diaryl/α,β-unsaturated/α-hetero) is 1. The second-order valence-corrected chi connectivity index (χ2v) is 6.50. The maximum atomic E-state index is 12.4. The van der Waals surface area contributed by atoms with Crippen molar-refractivity contribution in [1.82, 2.24) is 0 Å². The van der Waals surface area contributed by atoms with Gasteiger partial charge in [0, 0.05) is 24.2 Å². The van der Waals surface area contributed by atoms with Crippen molar-refractivity contribution in [3.8, 4) is 0 Å². The van der Waals surface area contributed by atoms with Crippen molar-refractivity contribution >= 4 is 23.3 Å². The number of anilines is 1. The molecule has 0 N–H and O–H groups in total. The average Bonchev–Trinajstić information content (AvgIpc) is 3.04. The summed E-state index contributed by atoms with van der Waals surface area (Å²) in [6.07, 6.45) is -0.785. The molecule has 1 heterocycles. The highest BCUT2D eigenvalue weighted by atomic mass is 16.5. The summed E-state index contributed by atoms with van der Waals surface area (Å²) in [5, 5.41) is 0. The molecule has 0 bridgehead atoms. The molecule has 1 fully saturated rings. The number of hydrogen-bond donors (Lipinski definition) is 0. The highest BCUT2D eigenvalue weighted by molar-refractivity contribution is 6.02. The monoisotopic (exact) mass is 351 g/mol. The lowest BCUT2D eigenvalue weighted by Gasteiger charge is -2.19. The van der Waals surface area contributed by atoms with Crippen molar-refractivity contribution in [1.29, 1.82) is 0 Å². The summed E-state index contributed by atoms with van der Waals surface area (Å²) in [5.74, 6) is -1.43. The van der Waals surface area contributed by atoms with Gasteiger partial charge in [0.2, 0.25) is 11.7 Å². The van der Waals surface area contributed by atoms with Crippen molar-refractivity contribution in [3.05, 3.63) is 65.7 Å². The van der Waals surface area contributed by atoms with E-state index < -0.39 is 18.0 Å². The minimum absolute atomic E-state index is 0.0966. The van der Waals surface area contributed by atoms with Gasteiger partial charge in [-0.25, -0.2) is 0 Å². The molecule has 2 aromatic carbocycles. The van der Waals surface area contributed by atoms with E-state index in [-0.39, 0.29) is 24.7 Å². The molecule has 3 rings (SSSR count). The number of ketones is 1. The topological polar surface area (TPSA) is 63.7 Å². The molecule has 26 heavy (non-hydrogen) atoms. The molecule has 0 unspecified atom stereocenters. The molecule has 1 amide bonds. The van der Waals surface area contributed by atoms with Gasteiger partial charge in [0.25, 0.3) is 0 Å². The molecule has 0 saturated carbocycles. The Kier molecular flexibility index (Phi) is 5.16. The number of nitrogens with zero attached hydrogens (tertiary/aromatic N) is 1. The quantitative estimate of drug-likeness (QED) is 0.613. The van der Waals surface area contributed by atoms with Crippen molar-refractivity contribution in [2.45, 2.75) is 26.4 Å². The van der Waals surface area contributed by atoms with Crippen molar-refractivity contribution < 1.29 is 19.1 Å². The maximum Gasteiger partial charge on any atom is 0.312 e. The number of rotatable bonds is 5. The highest BCUT2D eigenvalue weighted by Crippen LogP contribution is 2.28. The number of hydrogen-bond acceptors (Lipinski definition) is 4. The van der Waals surface area contributed by atoms with Gasteiger partial charge in [0.05, 0.1) is 5.92 Å². The smallest absolute Gasteiger partial charge is 0.312 e. The van der Waals surface area contributed by atoms with Crippen LogP contribution in [-0.2, 0) is 14.3 Å². The van der Waals surface area contributed by atoms with Crippen LogP contribution in [0.2, 0.25) is 0 Å². The predicted molar refractivity (Wildman–Crippen MR) is 98.0 cm³/mol. The maximum absolute atomic E-state index is 12.4. The number of benzene rings is 2. The van der Waals surface area contributed by atoms with Crippen molar-refractivity contribution in [3.63, 3.8) is 0 Å². The molecular formula is C21H21NO4. The number of aryl methyl sites for hydroxylation is 1. The molecule has 0 radical (unpaired) electrons. The first-order valence-corrected chi connectivity index (χ1v) is 8.63. The lowest BCUT2D eigenvalue weighted by Crippen LogP contribution is -2.30. The largest absolute Gasteiger partial charge is 0.454 e. The Balaban J connectivity index is 1.65. The Morgan fingerprint density at radius 2 is 1.73 bits per heavy atom. The van der Waals surface area contributed by atoms with Crippen LogP contribution in [0.4, 0.5) is 5.69 Å². The van der Waals surface area contributed by atoms with Gasteiger partial charge in [-0.3, -0.25) is 14.4 Å². The third kappa shape index (κ3) is 3.67. The summed E-state index contributed by atoms with van der Waals surface area (Å²) >= 11 is 0. The zero-order valence-electron chi connectivity index (χ0n) is 14.8. The number of amides is 1. The van der Waals surface area contributed by atoms with E-state index in [0.29, 0.717) is 5.56 Å². The summed E-state index contributed by atoms with van der Waals surface area (Å²) in [7, 11) is 0. The van der Waals surface area contributed by atoms with E-state index in [2.05, 4.69) is 0 Å². The molecule has 2 atom stereocenters. The fourth-order valence-corrected chi connectivity index (χ4v) is 3.13. The number of esters is 1. The SMILES string of the molecule is Cc1ccccc1N1C[C@H](C(=O)O[C@@H](C)C(=O)c2ccccc2)CC1=O. The van der Waals surface area contributed by atoms with Crippen LogP contribution < -0.4 is 4.90 Å². The first-order valence-electron chi connectivity index (χ1n) is 8.63. The minimum Gasteiger partial charge on any atom is -0.454 e. The van der Waals surface area contributed by atoms with Crippen LogP contribution in [0, 0.1) is 12.8 Å². The molecule has 1 aliphatic rings. The van der Waals surface area contributed by atoms with Gasteiger partial charge in [0.15, 0.2) is 6.10 Å². The number of ether oxygens (including phenoxy) is 1. The summed E-state index contributed by atoms with van der Waals surface area (Å²) < 4.78 is 5.35. The van der Waals surface area contributed by atoms with Crippen LogP contribution in [-0.4, -0.2) is 30.3 Å². The third-order valence-corrected chi connectivity index (χ3v) is 4.59. The van der Waals surface area contributed by atoms with Gasteiger partial charge >= 0.3 is 5.97 Å². The predicted octanol–water partition coefficient (Wildman–Crippen LogP) is 3.16. The van der Waals surface area contributed by atoms with Crippen LogP contribution in [0.25, 0.3) is 0 Å². The molecule has 134 valence electrons. The molecule has 2 aromatic rings. The first kappa shape index (κ1) is 17.9. The molecule has 5 nitrogen and oxygen atoms in total. The second kappa shape index (κ2) is 7.52. The van der Waals surface area contributed by atoms with E-state index in [1.54, 1.807) is 36.1 Å². The molecule has 1 saturated heterocycles. The van der Waals surface area contributed by atoms with Gasteiger partial charge in [0.1, 0.15) is 0 Å². The van der Waals surface area contributed by atoms with Crippen LogP contribution in [0.1, 0.15) is 29.3 Å².